The number of hydrogen-bond acceptors (Lipinski definition) is 5. The van der Waals surface area contributed by atoms with E-state index in [-0.39, 0.29) is 11.1 Å². The molecule has 2 N–H and O–H groups in total. The lowest BCUT2D eigenvalue weighted by atomic mass is 10.1. The fourth-order valence-corrected chi connectivity index (χ4v) is 2.01. The van der Waals surface area contributed by atoms with Gasteiger partial charge < -0.3 is 5.11 Å². The van der Waals surface area contributed by atoms with E-state index in [1.807, 2.05) is 6.07 Å². The number of nitrogens with zero attached hydrogens (tertiary/aromatic N) is 2. The molecule has 0 atom stereocenters. The standard InChI is InChI=1S/C14H9N3O3S/c15-8-11(12(18)17-14-16-5-6-21-14)7-9-1-3-10(4-2-9)13(19)20/h1-7H,(H,19,20)(H,16,17,18). The summed E-state index contributed by atoms with van der Waals surface area (Å²) in [6.07, 6.45) is 2.93. The number of carbonyl (C=O) groups excluding carboxylic acids is 1. The highest BCUT2D eigenvalue weighted by atomic mass is 32.1. The molecule has 0 unspecified atom stereocenters. The van der Waals surface area contributed by atoms with E-state index < -0.39 is 11.9 Å². The number of carboxylic acid groups (broad SMARTS) is 1. The van der Waals surface area contributed by atoms with E-state index in [1.165, 1.54) is 41.7 Å². The van der Waals surface area contributed by atoms with Gasteiger partial charge in [0.15, 0.2) is 5.13 Å². The number of nitrogens with one attached hydrogen (secondary N) is 1. The Bertz CT molecular complexity index is 728. The lowest BCUT2D eigenvalue weighted by Gasteiger charge is -2.00. The van der Waals surface area contributed by atoms with Gasteiger partial charge in [0.2, 0.25) is 0 Å². The number of hydrogen-bond donors (Lipinski definition) is 2. The maximum atomic E-state index is 11.9. The van der Waals surface area contributed by atoms with E-state index in [2.05, 4.69) is 10.3 Å². The van der Waals surface area contributed by atoms with Gasteiger partial charge in [-0.25, -0.2) is 9.78 Å². The van der Waals surface area contributed by atoms with Crippen LogP contribution in [-0.2, 0) is 4.79 Å². The molecule has 0 saturated heterocycles. The predicted molar refractivity (Wildman–Crippen MR) is 77.7 cm³/mol. The summed E-state index contributed by atoms with van der Waals surface area (Å²) >= 11 is 1.25. The summed E-state index contributed by atoms with van der Waals surface area (Å²) in [5.74, 6) is -1.60. The van der Waals surface area contributed by atoms with Crippen molar-refractivity contribution < 1.29 is 14.7 Å². The van der Waals surface area contributed by atoms with Crippen LogP contribution in [0.15, 0.2) is 41.4 Å². The highest BCUT2D eigenvalue weighted by Gasteiger charge is 2.11. The number of carboxylic acids is 1. The molecule has 1 amide bonds. The maximum absolute atomic E-state index is 11.9. The molecule has 2 rings (SSSR count). The van der Waals surface area contributed by atoms with Gasteiger partial charge >= 0.3 is 5.97 Å². The summed E-state index contributed by atoms with van der Waals surface area (Å²) in [5, 5.41) is 22.5. The number of benzene rings is 1. The predicted octanol–water partition coefficient (Wildman–Crippen LogP) is 2.39. The Hall–Kier alpha value is -2.98. The molecule has 0 aliphatic carbocycles. The van der Waals surface area contributed by atoms with Crippen LogP contribution in [0.4, 0.5) is 5.13 Å². The molecule has 0 bridgehead atoms. The molecule has 104 valence electrons. The topological polar surface area (TPSA) is 103 Å². The molecule has 0 aliphatic rings. The van der Waals surface area contributed by atoms with Crippen LogP contribution < -0.4 is 5.32 Å². The van der Waals surface area contributed by atoms with Crippen molar-refractivity contribution in [3.05, 3.63) is 52.5 Å². The first-order chi connectivity index (χ1) is 10.1. The molecule has 7 heteroatoms. The van der Waals surface area contributed by atoms with Crippen LogP contribution in [-0.4, -0.2) is 22.0 Å². The molecule has 6 nitrogen and oxygen atoms in total. The van der Waals surface area contributed by atoms with Crippen molar-refractivity contribution in [2.24, 2.45) is 0 Å². The van der Waals surface area contributed by atoms with Crippen LogP contribution in [0, 0.1) is 11.3 Å². The molecular formula is C14H9N3O3S. The first kappa shape index (κ1) is 14.4. The second-order valence-corrected chi connectivity index (χ2v) is 4.78. The fraction of sp³-hybridized carbons (Fsp3) is 0. The van der Waals surface area contributed by atoms with Gasteiger partial charge in [-0.2, -0.15) is 5.26 Å². The highest BCUT2D eigenvalue weighted by Crippen LogP contribution is 2.14. The normalized spacial score (nSPS) is 10.7. The van der Waals surface area contributed by atoms with Crippen LogP contribution in [0.2, 0.25) is 0 Å². The van der Waals surface area contributed by atoms with Crippen molar-refractivity contribution in [3.8, 4) is 6.07 Å². The summed E-state index contributed by atoms with van der Waals surface area (Å²) in [7, 11) is 0. The number of thiazole rings is 1. The van der Waals surface area contributed by atoms with Crippen molar-refractivity contribution in [2.75, 3.05) is 5.32 Å². The van der Waals surface area contributed by atoms with Gasteiger partial charge in [0.05, 0.1) is 5.56 Å². The van der Waals surface area contributed by atoms with Gasteiger partial charge in [-0.15, -0.1) is 11.3 Å². The number of carbonyl (C=O) groups is 2. The summed E-state index contributed by atoms with van der Waals surface area (Å²) in [4.78, 5) is 26.5. The third kappa shape index (κ3) is 3.75. The average Bonchev–Trinajstić information content (AvgIpc) is 2.98. The minimum absolute atomic E-state index is 0.0896. The zero-order chi connectivity index (χ0) is 15.2. The van der Waals surface area contributed by atoms with Crippen LogP contribution in [0.3, 0.4) is 0 Å². The number of amides is 1. The van der Waals surface area contributed by atoms with Gasteiger partial charge in [-0.3, -0.25) is 10.1 Å². The summed E-state index contributed by atoms with van der Waals surface area (Å²) in [6.45, 7) is 0. The fourth-order valence-electron chi connectivity index (χ4n) is 1.49. The average molecular weight is 299 g/mol. The number of anilines is 1. The van der Waals surface area contributed by atoms with Crippen molar-refractivity contribution in [1.29, 1.82) is 5.26 Å². The smallest absolute Gasteiger partial charge is 0.335 e. The van der Waals surface area contributed by atoms with E-state index in [0.29, 0.717) is 10.7 Å². The molecule has 1 aromatic carbocycles. The molecule has 0 fully saturated rings. The Labute approximate surface area is 124 Å². The lowest BCUT2D eigenvalue weighted by molar-refractivity contribution is -0.112. The Morgan fingerprint density at radius 1 is 1.33 bits per heavy atom. The lowest BCUT2D eigenvalue weighted by Crippen LogP contribution is -2.13. The van der Waals surface area contributed by atoms with Crippen molar-refractivity contribution in [3.63, 3.8) is 0 Å². The van der Waals surface area contributed by atoms with Gasteiger partial charge in [0.25, 0.3) is 5.91 Å². The maximum Gasteiger partial charge on any atom is 0.335 e. The van der Waals surface area contributed by atoms with Crippen molar-refractivity contribution >= 4 is 34.4 Å². The molecule has 0 spiro atoms. The van der Waals surface area contributed by atoms with E-state index in [9.17, 15) is 9.59 Å². The van der Waals surface area contributed by atoms with Crippen LogP contribution in [0.5, 0.6) is 0 Å². The zero-order valence-electron chi connectivity index (χ0n) is 10.6. The van der Waals surface area contributed by atoms with E-state index in [1.54, 1.807) is 11.6 Å². The SMILES string of the molecule is N#CC(=Cc1ccc(C(=O)O)cc1)C(=O)Nc1nccs1. The van der Waals surface area contributed by atoms with Gasteiger partial charge in [0, 0.05) is 11.6 Å². The zero-order valence-corrected chi connectivity index (χ0v) is 11.4. The van der Waals surface area contributed by atoms with Crippen LogP contribution in [0.25, 0.3) is 6.08 Å². The number of nitriles is 1. The highest BCUT2D eigenvalue weighted by molar-refractivity contribution is 7.13. The molecule has 2 aromatic rings. The van der Waals surface area contributed by atoms with E-state index in [4.69, 9.17) is 10.4 Å². The molecule has 0 radical (unpaired) electrons. The first-order valence-electron chi connectivity index (χ1n) is 5.76. The molecule has 1 heterocycles. The summed E-state index contributed by atoms with van der Waals surface area (Å²) in [6, 6.07) is 7.67. The second-order valence-electron chi connectivity index (χ2n) is 3.89. The van der Waals surface area contributed by atoms with Crippen LogP contribution >= 0.6 is 11.3 Å². The Kier molecular flexibility index (Phi) is 4.43. The third-order valence-electron chi connectivity index (χ3n) is 2.49. The van der Waals surface area contributed by atoms with E-state index in [0.717, 1.165) is 0 Å². The number of aromatic carboxylic acids is 1. The minimum atomic E-state index is -1.03. The van der Waals surface area contributed by atoms with Gasteiger partial charge in [-0.1, -0.05) is 12.1 Å². The largest absolute Gasteiger partial charge is 0.478 e. The molecule has 1 aromatic heterocycles. The third-order valence-corrected chi connectivity index (χ3v) is 3.18. The quantitative estimate of drug-likeness (QED) is 0.666. The molecule has 0 aliphatic heterocycles. The molecule has 0 saturated carbocycles. The van der Waals surface area contributed by atoms with Gasteiger partial charge in [0.1, 0.15) is 11.6 Å². The Morgan fingerprint density at radius 3 is 2.57 bits per heavy atom. The summed E-state index contributed by atoms with van der Waals surface area (Å²) in [5.41, 5.74) is 0.608. The van der Waals surface area contributed by atoms with E-state index >= 15 is 0 Å². The monoisotopic (exact) mass is 299 g/mol. The Morgan fingerprint density at radius 2 is 2.05 bits per heavy atom. The first-order valence-corrected chi connectivity index (χ1v) is 6.64. The van der Waals surface area contributed by atoms with Crippen LogP contribution in [0.1, 0.15) is 15.9 Å². The molecule has 21 heavy (non-hydrogen) atoms. The van der Waals surface area contributed by atoms with Crippen molar-refractivity contribution in [2.45, 2.75) is 0 Å². The van der Waals surface area contributed by atoms with Crippen molar-refractivity contribution in [1.82, 2.24) is 4.98 Å². The minimum Gasteiger partial charge on any atom is -0.478 e. The Balaban J connectivity index is 2.18. The number of rotatable bonds is 4. The summed E-state index contributed by atoms with van der Waals surface area (Å²) < 4.78 is 0. The molecular weight excluding hydrogens is 290 g/mol. The second kappa shape index (κ2) is 6.45. The van der Waals surface area contributed by atoms with Gasteiger partial charge in [-0.05, 0) is 23.8 Å². The number of aromatic nitrogens is 1.